The summed E-state index contributed by atoms with van der Waals surface area (Å²) in [6.45, 7) is 2.17. The van der Waals surface area contributed by atoms with Gasteiger partial charge in [0.05, 0.1) is 6.10 Å². The standard InChI is InChI=1S/C12H23N3O2/c1-8(2-5-12(17)14-13)15-9-3-4-10(15)7-11(16)6-9/h8-11,16H,2-7,13H2,1H3,(H,14,17). The Labute approximate surface area is 102 Å². The van der Waals surface area contributed by atoms with Gasteiger partial charge in [0.25, 0.3) is 0 Å². The number of aliphatic hydroxyl groups is 1. The van der Waals surface area contributed by atoms with Crippen molar-refractivity contribution >= 4 is 5.91 Å². The van der Waals surface area contributed by atoms with Crippen LogP contribution in [0.4, 0.5) is 0 Å². The molecule has 0 aliphatic carbocycles. The average Bonchev–Trinajstić information content (AvgIpc) is 2.58. The molecule has 3 unspecified atom stereocenters. The Balaban J connectivity index is 1.87. The summed E-state index contributed by atoms with van der Waals surface area (Å²) in [6.07, 6.45) is 5.36. The molecule has 17 heavy (non-hydrogen) atoms. The summed E-state index contributed by atoms with van der Waals surface area (Å²) in [6, 6.07) is 1.43. The van der Waals surface area contributed by atoms with Crippen LogP contribution in [0.15, 0.2) is 0 Å². The summed E-state index contributed by atoms with van der Waals surface area (Å²) in [5.41, 5.74) is 2.17. The van der Waals surface area contributed by atoms with Crippen LogP contribution >= 0.6 is 0 Å². The maximum Gasteiger partial charge on any atom is 0.233 e. The lowest BCUT2D eigenvalue weighted by molar-refractivity contribution is -0.121. The first-order chi connectivity index (χ1) is 8.11. The van der Waals surface area contributed by atoms with E-state index in [0.717, 1.165) is 19.3 Å². The second kappa shape index (κ2) is 5.33. The van der Waals surface area contributed by atoms with Crippen molar-refractivity contribution in [2.75, 3.05) is 0 Å². The summed E-state index contributed by atoms with van der Waals surface area (Å²) >= 11 is 0. The Bertz CT molecular complexity index is 271. The number of aliphatic hydroxyl groups excluding tert-OH is 1. The summed E-state index contributed by atoms with van der Waals surface area (Å²) < 4.78 is 0. The van der Waals surface area contributed by atoms with E-state index in [1.807, 2.05) is 0 Å². The number of nitrogens with one attached hydrogen (secondary N) is 1. The van der Waals surface area contributed by atoms with Crippen molar-refractivity contribution < 1.29 is 9.90 Å². The number of nitrogens with two attached hydrogens (primary N) is 1. The molecule has 0 saturated carbocycles. The highest BCUT2D eigenvalue weighted by Crippen LogP contribution is 2.37. The van der Waals surface area contributed by atoms with Gasteiger partial charge >= 0.3 is 0 Å². The number of fused-ring (bicyclic) bond motifs is 2. The Morgan fingerprint density at radius 1 is 1.47 bits per heavy atom. The summed E-state index contributed by atoms with van der Waals surface area (Å²) in [5.74, 6) is 4.98. The van der Waals surface area contributed by atoms with Gasteiger partial charge in [0, 0.05) is 24.5 Å². The van der Waals surface area contributed by atoms with E-state index >= 15 is 0 Å². The maximum atomic E-state index is 11.1. The molecule has 0 aromatic heterocycles. The van der Waals surface area contributed by atoms with Crippen molar-refractivity contribution in [1.29, 1.82) is 0 Å². The largest absolute Gasteiger partial charge is 0.393 e. The van der Waals surface area contributed by atoms with E-state index in [0.29, 0.717) is 24.5 Å². The van der Waals surface area contributed by atoms with Crippen LogP contribution in [-0.2, 0) is 4.79 Å². The molecule has 0 aromatic rings. The van der Waals surface area contributed by atoms with Gasteiger partial charge in [-0.05, 0) is 39.0 Å². The zero-order valence-electron chi connectivity index (χ0n) is 10.4. The molecule has 5 heteroatoms. The van der Waals surface area contributed by atoms with E-state index in [9.17, 15) is 9.90 Å². The Hall–Kier alpha value is -0.650. The van der Waals surface area contributed by atoms with E-state index in [2.05, 4.69) is 17.2 Å². The second-order valence-electron chi connectivity index (χ2n) is 5.41. The first-order valence-electron chi connectivity index (χ1n) is 6.56. The third-order valence-corrected chi connectivity index (χ3v) is 4.22. The molecule has 98 valence electrons. The number of hydrogen-bond acceptors (Lipinski definition) is 4. The van der Waals surface area contributed by atoms with Crippen molar-refractivity contribution in [3.05, 3.63) is 0 Å². The van der Waals surface area contributed by atoms with Gasteiger partial charge in [-0.2, -0.15) is 0 Å². The molecule has 2 fully saturated rings. The van der Waals surface area contributed by atoms with Crippen LogP contribution in [0, 0.1) is 0 Å². The minimum Gasteiger partial charge on any atom is -0.393 e. The molecule has 2 aliphatic heterocycles. The normalized spacial score (nSPS) is 34.6. The lowest BCUT2D eigenvalue weighted by Gasteiger charge is -2.41. The number of hydrazine groups is 1. The molecule has 0 radical (unpaired) electrons. The molecule has 5 nitrogen and oxygen atoms in total. The van der Waals surface area contributed by atoms with Crippen molar-refractivity contribution in [1.82, 2.24) is 10.3 Å². The van der Waals surface area contributed by atoms with Gasteiger partial charge in [-0.15, -0.1) is 0 Å². The SMILES string of the molecule is CC(CCC(=O)NN)N1C2CCC1CC(O)C2. The number of nitrogens with zero attached hydrogens (tertiary/aromatic N) is 1. The van der Waals surface area contributed by atoms with Crippen LogP contribution in [0.3, 0.4) is 0 Å². The minimum absolute atomic E-state index is 0.0961. The van der Waals surface area contributed by atoms with E-state index in [-0.39, 0.29) is 12.0 Å². The number of carbonyl (C=O) groups excluding carboxylic acids is 1. The maximum absolute atomic E-state index is 11.1. The fourth-order valence-corrected chi connectivity index (χ4v) is 3.47. The highest BCUT2D eigenvalue weighted by atomic mass is 16.3. The molecule has 2 aliphatic rings. The third kappa shape index (κ3) is 2.78. The van der Waals surface area contributed by atoms with Crippen molar-refractivity contribution in [2.24, 2.45) is 5.84 Å². The predicted molar refractivity (Wildman–Crippen MR) is 64.9 cm³/mol. The van der Waals surface area contributed by atoms with Gasteiger partial charge in [0.15, 0.2) is 0 Å². The fourth-order valence-electron chi connectivity index (χ4n) is 3.47. The third-order valence-electron chi connectivity index (χ3n) is 4.22. The molecule has 2 rings (SSSR count). The fraction of sp³-hybridized carbons (Fsp3) is 0.917. The summed E-state index contributed by atoms with van der Waals surface area (Å²) in [5, 5.41) is 9.74. The van der Waals surface area contributed by atoms with Gasteiger partial charge in [-0.25, -0.2) is 5.84 Å². The zero-order chi connectivity index (χ0) is 12.4. The van der Waals surface area contributed by atoms with Crippen LogP contribution in [0.2, 0.25) is 0 Å². The number of carbonyl (C=O) groups is 1. The van der Waals surface area contributed by atoms with Crippen LogP contribution < -0.4 is 11.3 Å². The van der Waals surface area contributed by atoms with Gasteiger partial charge in [-0.3, -0.25) is 15.1 Å². The smallest absolute Gasteiger partial charge is 0.233 e. The Kier molecular flexibility index (Phi) is 4.01. The van der Waals surface area contributed by atoms with E-state index < -0.39 is 0 Å². The number of hydrogen-bond donors (Lipinski definition) is 3. The lowest BCUT2D eigenvalue weighted by atomic mass is 9.96. The zero-order valence-corrected chi connectivity index (χ0v) is 10.4. The molecular formula is C12H23N3O2. The van der Waals surface area contributed by atoms with Crippen LogP contribution in [0.1, 0.15) is 45.4 Å². The van der Waals surface area contributed by atoms with Gasteiger partial charge < -0.3 is 5.11 Å². The molecule has 3 atom stereocenters. The molecule has 0 spiro atoms. The summed E-state index contributed by atoms with van der Waals surface area (Å²) in [7, 11) is 0. The number of piperidine rings is 1. The second-order valence-corrected chi connectivity index (χ2v) is 5.41. The van der Waals surface area contributed by atoms with Crippen LogP contribution in [-0.4, -0.2) is 40.1 Å². The quantitative estimate of drug-likeness (QED) is 0.371. The van der Waals surface area contributed by atoms with Gasteiger partial charge in [0.1, 0.15) is 0 Å². The molecular weight excluding hydrogens is 218 g/mol. The van der Waals surface area contributed by atoms with Crippen molar-refractivity contribution in [3.8, 4) is 0 Å². The minimum atomic E-state index is -0.122. The predicted octanol–water partition coefficient (Wildman–Crippen LogP) is 0.133. The van der Waals surface area contributed by atoms with E-state index in [1.54, 1.807) is 0 Å². The molecule has 2 saturated heterocycles. The summed E-state index contributed by atoms with van der Waals surface area (Å²) in [4.78, 5) is 13.6. The Morgan fingerprint density at radius 2 is 2.06 bits per heavy atom. The van der Waals surface area contributed by atoms with Crippen LogP contribution in [0.25, 0.3) is 0 Å². The molecule has 1 amide bonds. The first kappa shape index (κ1) is 12.8. The first-order valence-corrected chi connectivity index (χ1v) is 6.56. The number of rotatable bonds is 4. The topological polar surface area (TPSA) is 78.6 Å². The monoisotopic (exact) mass is 241 g/mol. The van der Waals surface area contributed by atoms with Gasteiger partial charge in [-0.1, -0.05) is 0 Å². The highest BCUT2D eigenvalue weighted by Gasteiger charge is 2.41. The van der Waals surface area contributed by atoms with E-state index in [4.69, 9.17) is 5.84 Å². The highest BCUT2D eigenvalue weighted by molar-refractivity contribution is 5.75. The van der Waals surface area contributed by atoms with Crippen molar-refractivity contribution in [3.63, 3.8) is 0 Å². The number of amides is 1. The van der Waals surface area contributed by atoms with Crippen molar-refractivity contribution in [2.45, 2.75) is 69.7 Å². The lowest BCUT2D eigenvalue weighted by Crippen LogP contribution is -2.49. The van der Waals surface area contributed by atoms with Gasteiger partial charge in [0.2, 0.25) is 5.91 Å². The Morgan fingerprint density at radius 3 is 2.59 bits per heavy atom. The molecule has 0 aromatic carbocycles. The van der Waals surface area contributed by atoms with E-state index in [1.165, 1.54) is 12.8 Å². The average molecular weight is 241 g/mol. The molecule has 4 N–H and O–H groups in total. The van der Waals surface area contributed by atoms with Crippen LogP contribution in [0.5, 0.6) is 0 Å². The molecule has 2 bridgehead atoms. The molecule has 2 heterocycles.